The zero-order valence-corrected chi connectivity index (χ0v) is 11.9. The van der Waals surface area contributed by atoms with Gasteiger partial charge in [0.2, 0.25) is 5.95 Å². The number of nitrogens with zero attached hydrogens (tertiary/aromatic N) is 4. The van der Waals surface area contributed by atoms with Gasteiger partial charge >= 0.3 is 0 Å². The maximum Gasteiger partial charge on any atom is 0.252 e. The molecule has 0 aromatic carbocycles. The van der Waals surface area contributed by atoms with Gasteiger partial charge in [-0.2, -0.15) is 0 Å². The van der Waals surface area contributed by atoms with Crippen molar-refractivity contribution in [3.63, 3.8) is 0 Å². The number of hydrogen-bond donors (Lipinski definition) is 2. The summed E-state index contributed by atoms with van der Waals surface area (Å²) in [5.74, 6) is 0.839. The van der Waals surface area contributed by atoms with Gasteiger partial charge in [0.05, 0.1) is 18.8 Å². The quantitative estimate of drug-likeness (QED) is 0.821. The van der Waals surface area contributed by atoms with Crippen molar-refractivity contribution < 1.29 is 4.74 Å². The van der Waals surface area contributed by atoms with Crippen molar-refractivity contribution in [3.8, 4) is 0 Å². The first-order valence-corrected chi connectivity index (χ1v) is 7.00. The van der Waals surface area contributed by atoms with Gasteiger partial charge in [-0.3, -0.25) is 14.5 Å². The fourth-order valence-corrected chi connectivity index (χ4v) is 2.33. The normalized spacial score (nSPS) is 18.0. The van der Waals surface area contributed by atoms with E-state index in [1.807, 2.05) is 6.20 Å². The zero-order valence-electron chi connectivity index (χ0n) is 11.9. The lowest BCUT2D eigenvalue weighted by molar-refractivity contribution is 0.193. The van der Waals surface area contributed by atoms with Crippen LogP contribution in [0.3, 0.4) is 0 Å². The Labute approximate surface area is 121 Å². The molecule has 0 spiro atoms. The molecule has 21 heavy (non-hydrogen) atoms. The van der Waals surface area contributed by atoms with Crippen LogP contribution in [0.15, 0.2) is 17.1 Å². The monoisotopic (exact) mass is 290 g/mol. The Hall–Kier alpha value is -2.22. The van der Waals surface area contributed by atoms with Crippen molar-refractivity contribution in [1.82, 2.24) is 25.0 Å². The van der Waals surface area contributed by atoms with Gasteiger partial charge in [0.15, 0.2) is 0 Å². The summed E-state index contributed by atoms with van der Waals surface area (Å²) in [4.78, 5) is 18.2. The van der Waals surface area contributed by atoms with Gasteiger partial charge in [-0.25, -0.2) is 4.98 Å². The summed E-state index contributed by atoms with van der Waals surface area (Å²) in [7, 11) is 0. The average molecular weight is 290 g/mol. The number of ether oxygens (including phenoxy) is 1. The highest BCUT2D eigenvalue weighted by Crippen LogP contribution is 2.22. The van der Waals surface area contributed by atoms with E-state index in [9.17, 15) is 4.79 Å². The molecule has 8 heteroatoms. The van der Waals surface area contributed by atoms with Crippen LogP contribution < -0.4 is 10.9 Å². The van der Waals surface area contributed by atoms with Crippen molar-refractivity contribution >= 4 is 5.95 Å². The minimum absolute atomic E-state index is 0.158. The molecule has 112 valence electrons. The molecule has 2 aromatic heterocycles. The van der Waals surface area contributed by atoms with Gasteiger partial charge in [0, 0.05) is 37.0 Å². The van der Waals surface area contributed by atoms with Crippen LogP contribution in [0, 0.1) is 6.92 Å². The molecule has 3 rings (SSSR count). The molecule has 1 fully saturated rings. The third-order valence-corrected chi connectivity index (χ3v) is 3.41. The SMILES string of the molecule is Cc1cc(=O)[nH]c(NCCn2cc(C3CCOC3)nn2)n1. The molecular formula is C13H18N6O2. The van der Waals surface area contributed by atoms with Gasteiger partial charge < -0.3 is 10.1 Å². The predicted octanol–water partition coefficient (Wildman–Crippen LogP) is 0.286. The molecule has 2 aromatic rings. The Morgan fingerprint density at radius 3 is 3.24 bits per heavy atom. The summed E-state index contributed by atoms with van der Waals surface area (Å²) < 4.78 is 7.14. The second-order valence-electron chi connectivity index (χ2n) is 5.13. The molecule has 1 atom stereocenters. The lowest BCUT2D eigenvalue weighted by atomic mass is 10.1. The van der Waals surface area contributed by atoms with E-state index in [-0.39, 0.29) is 5.56 Å². The van der Waals surface area contributed by atoms with E-state index in [4.69, 9.17) is 4.74 Å². The first-order chi connectivity index (χ1) is 10.2. The van der Waals surface area contributed by atoms with Crippen LogP contribution in [-0.4, -0.2) is 44.7 Å². The van der Waals surface area contributed by atoms with E-state index in [2.05, 4.69) is 25.6 Å². The summed E-state index contributed by atoms with van der Waals surface area (Å²) in [6.07, 6.45) is 2.96. The summed E-state index contributed by atoms with van der Waals surface area (Å²) in [5.41, 5.74) is 1.51. The van der Waals surface area contributed by atoms with Crippen LogP contribution in [0.5, 0.6) is 0 Å². The van der Waals surface area contributed by atoms with Gasteiger partial charge in [-0.15, -0.1) is 5.10 Å². The minimum Gasteiger partial charge on any atom is -0.381 e. The van der Waals surface area contributed by atoms with Crippen LogP contribution >= 0.6 is 0 Å². The highest BCUT2D eigenvalue weighted by Gasteiger charge is 2.20. The average Bonchev–Trinajstić information content (AvgIpc) is 3.08. The Kier molecular flexibility index (Phi) is 3.96. The van der Waals surface area contributed by atoms with E-state index in [0.29, 0.717) is 30.6 Å². The van der Waals surface area contributed by atoms with Crippen molar-refractivity contribution in [2.45, 2.75) is 25.8 Å². The number of nitrogens with one attached hydrogen (secondary N) is 2. The molecule has 1 saturated heterocycles. The second-order valence-corrected chi connectivity index (χ2v) is 5.13. The number of hydrogen-bond acceptors (Lipinski definition) is 6. The smallest absolute Gasteiger partial charge is 0.252 e. The number of aromatic amines is 1. The van der Waals surface area contributed by atoms with Crippen molar-refractivity contribution in [2.24, 2.45) is 0 Å². The minimum atomic E-state index is -0.158. The topological polar surface area (TPSA) is 97.7 Å². The summed E-state index contributed by atoms with van der Waals surface area (Å²) in [6.45, 7) is 4.57. The third kappa shape index (κ3) is 3.46. The van der Waals surface area contributed by atoms with Gasteiger partial charge in [0.1, 0.15) is 0 Å². The Bertz CT molecular complexity index is 659. The van der Waals surface area contributed by atoms with Crippen LogP contribution in [-0.2, 0) is 11.3 Å². The Balaban J connectivity index is 1.54. The van der Waals surface area contributed by atoms with E-state index in [1.54, 1.807) is 11.6 Å². The molecule has 0 amide bonds. The van der Waals surface area contributed by atoms with Crippen LogP contribution in [0.25, 0.3) is 0 Å². The molecule has 1 unspecified atom stereocenters. The van der Waals surface area contributed by atoms with Crippen molar-refractivity contribution in [1.29, 1.82) is 0 Å². The van der Waals surface area contributed by atoms with E-state index >= 15 is 0 Å². The molecule has 0 saturated carbocycles. The zero-order chi connectivity index (χ0) is 14.7. The summed E-state index contributed by atoms with van der Waals surface area (Å²) in [6, 6.07) is 1.46. The number of H-pyrrole nitrogens is 1. The van der Waals surface area contributed by atoms with Crippen LogP contribution in [0.2, 0.25) is 0 Å². The predicted molar refractivity (Wildman–Crippen MR) is 76.3 cm³/mol. The van der Waals surface area contributed by atoms with Gasteiger partial charge in [-0.1, -0.05) is 5.21 Å². The maximum absolute atomic E-state index is 11.3. The van der Waals surface area contributed by atoms with Crippen molar-refractivity contribution in [2.75, 3.05) is 25.1 Å². The number of aryl methyl sites for hydroxylation is 1. The fraction of sp³-hybridized carbons (Fsp3) is 0.538. The Morgan fingerprint density at radius 1 is 1.57 bits per heavy atom. The summed E-state index contributed by atoms with van der Waals surface area (Å²) >= 11 is 0. The lowest BCUT2D eigenvalue weighted by Crippen LogP contribution is -2.16. The van der Waals surface area contributed by atoms with E-state index in [1.165, 1.54) is 6.07 Å². The van der Waals surface area contributed by atoms with Gasteiger partial charge in [0.25, 0.3) is 5.56 Å². The highest BCUT2D eigenvalue weighted by molar-refractivity contribution is 5.24. The van der Waals surface area contributed by atoms with Crippen molar-refractivity contribution in [3.05, 3.63) is 34.0 Å². The second kappa shape index (κ2) is 6.04. The standard InChI is InChI=1S/C13H18N6O2/c1-9-6-12(20)16-13(15-9)14-3-4-19-7-11(17-18-19)10-2-5-21-8-10/h6-7,10H,2-5,8H2,1H3,(H2,14,15,16,20). The number of aromatic nitrogens is 5. The van der Waals surface area contributed by atoms with Crippen LogP contribution in [0.4, 0.5) is 5.95 Å². The lowest BCUT2D eigenvalue weighted by Gasteiger charge is -2.05. The third-order valence-electron chi connectivity index (χ3n) is 3.41. The molecule has 3 heterocycles. The molecule has 8 nitrogen and oxygen atoms in total. The Morgan fingerprint density at radius 2 is 2.48 bits per heavy atom. The molecule has 1 aliphatic heterocycles. The van der Waals surface area contributed by atoms with E-state index in [0.717, 1.165) is 25.3 Å². The first-order valence-electron chi connectivity index (χ1n) is 7.00. The van der Waals surface area contributed by atoms with Gasteiger partial charge in [-0.05, 0) is 13.3 Å². The maximum atomic E-state index is 11.3. The molecule has 1 aliphatic rings. The first kappa shape index (κ1) is 13.7. The largest absolute Gasteiger partial charge is 0.381 e. The number of rotatable bonds is 5. The van der Waals surface area contributed by atoms with E-state index < -0.39 is 0 Å². The summed E-state index contributed by atoms with van der Waals surface area (Å²) in [5, 5.41) is 11.4. The fourth-order valence-electron chi connectivity index (χ4n) is 2.33. The molecule has 0 aliphatic carbocycles. The highest BCUT2D eigenvalue weighted by atomic mass is 16.5. The molecule has 2 N–H and O–H groups in total. The van der Waals surface area contributed by atoms with Crippen LogP contribution in [0.1, 0.15) is 23.7 Å². The molecule has 0 bridgehead atoms. The molecular weight excluding hydrogens is 272 g/mol. The molecule has 0 radical (unpaired) electrons. The number of anilines is 1.